The van der Waals surface area contributed by atoms with E-state index >= 15 is 0 Å². The minimum absolute atomic E-state index is 0.299. The molecule has 1 aromatic carbocycles. The summed E-state index contributed by atoms with van der Waals surface area (Å²) in [5.41, 5.74) is 1.83. The van der Waals surface area contributed by atoms with E-state index < -0.39 is 0 Å². The number of hydrogen-bond acceptors (Lipinski definition) is 2. The zero-order chi connectivity index (χ0) is 10.8. The summed E-state index contributed by atoms with van der Waals surface area (Å²) in [5.74, 6) is 0.754. The maximum Gasteiger partial charge on any atom is 0.361 e. The maximum absolute atomic E-state index is 11.1. The summed E-state index contributed by atoms with van der Waals surface area (Å²) >= 11 is 0. The number of aromatic nitrogens is 3. The third-order valence-electron chi connectivity index (χ3n) is 2.30. The van der Waals surface area contributed by atoms with Gasteiger partial charge in [-0.2, -0.15) is 4.98 Å². The quantitative estimate of drug-likeness (QED) is 0.802. The van der Waals surface area contributed by atoms with Gasteiger partial charge in [0.25, 0.3) is 0 Å². The highest BCUT2D eigenvalue weighted by Gasteiger charge is 2.05. The molecule has 2 rings (SSSR count). The Bertz CT molecular complexity index is 507. The predicted octanol–water partition coefficient (Wildman–Crippen LogP) is 1.43. The first-order valence-electron chi connectivity index (χ1n) is 4.95. The average Bonchev–Trinajstić information content (AvgIpc) is 2.61. The molecule has 0 saturated heterocycles. The van der Waals surface area contributed by atoms with Crippen molar-refractivity contribution in [1.29, 1.82) is 0 Å². The summed E-state index contributed by atoms with van der Waals surface area (Å²) in [7, 11) is 0. The van der Waals surface area contributed by atoms with Crippen LogP contribution in [0.15, 0.2) is 29.1 Å². The number of aryl methyl sites for hydroxylation is 2. The Balaban J connectivity index is 2.53. The van der Waals surface area contributed by atoms with E-state index in [2.05, 4.69) is 10.1 Å². The summed E-state index contributed by atoms with van der Waals surface area (Å²) in [5, 5.41) is 2.68. The van der Waals surface area contributed by atoms with Crippen LogP contribution in [0.5, 0.6) is 0 Å². The lowest BCUT2D eigenvalue weighted by Crippen LogP contribution is -2.05. The van der Waals surface area contributed by atoms with Crippen LogP contribution in [0.3, 0.4) is 0 Å². The second kappa shape index (κ2) is 3.73. The fourth-order valence-electron chi connectivity index (χ4n) is 1.50. The van der Waals surface area contributed by atoms with Crippen LogP contribution in [0.2, 0.25) is 0 Å². The van der Waals surface area contributed by atoms with Crippen molar-refractivity contribution in [2.24, 2.45) is 0 Å². The van der Waals surface area contributed by atoms with Gasteiger partial charge in [0.05, 0.1) is 5.69 Å². The van der Waals surface area contributed by atoms with Crippen LogP contribution in [0.25, 0.3) is 5.69 Å². The molecular weight excluding hydrogens is 190 g/mol. The van der Waals surface area contributed by atoms with Gasteiger partial charge in [-0.05, 0) is 19.1 Å². The highest BCUT2D eigenvalue weighted by molar-refractivity contribution is 5.33. The molecule has 0 aliphatic carbocycles. The zero-order valence-corrected chi connectivity index (χ0v) is 8.82. The number of hydrogen-bond donors (Lipinski definition) is 1. The van der Waals surface area contributed by atoms with Crippen molar-refractivity contribution >= 4 is 0 Å². The second-order valence-electron chi connectivity index (χ2n) is 3.47. The van der Waals surface area contributed by atoms with E-state index in [1.54, 1.807) is 4.68 Å². The molecule has 0 atom stereocenters. The number of nitrogens with zero attached hydrogens (tertiary/aromatic N) is 2. The van der Waals surface area contributed by atoms with Gasteiger partial charge in [-0.1, -0.05) is 24.6 Å². The van der Waals surface area contributed by atoms with E-state index in [0.717, 1.165) is 17.9 Å². The highest BCUT2D eigenvalue weighted by Crippen LogP contribution is 2.09. The van der Waals surface area contributed by atoms with Crippen molar-refractivity contribution in [3.05, 3.63) is 46.1 Å². The molecule has 1 heterocycles. The van der Waals surface area contributed by atoms with Gasteiger partial charge >= 0.3 is 5.69 Å². The van der Waals surface area contributed by atoms with Crippen molar-refractivity contribution in [3.8, 4) is 5.69 Å². The standard InChI is InChI=1S/C11H13N3O/c1-3-10-12-11(15)13-14(10)9-6-4-8(2)5-7-9/h4-7H,3H2,1-2H3,(H,13,15). The molecule has 0 unspecified atom stereocenters. The van der Waals surface area contributed by atoms with Crippen LogP contribution in [0, 0.1) is 6.92 Å². The van der Waals surface area contributed by atoms with Crippen LogP contribution >= 0.6 is 0 Å². The third kappa shape index (κ3) is 1.83. The second-order valence-corrected chi connectivity index (χ2v) is 3.47. The van der Waals surface area contributed by atoms with Gasteiger partial charge in [-0.15, -0.1) is 0 Å². The van der Waals surface area contributed by atoms with Gasteiger partial charge < -0.3 is 0 Å². The van der Waals surface area contributed by atoms with E-state index in [-0.39, 0.29) is 5.69 Å². The molecular formula is C11H13N3O. The summed E-state index contributed by atoms with van der Waals surface area (Å²) in [6.07, 6.45) is 0.729. The molecule has 4 heteroatoms. The Labute approximate surface area is 87.6 Å². The van der Waals surface area contributed by atoms with Crippen LogP contribution in [-0.2, 0) is 6.42 Å². The minimum Gasteiger partial charge on any atom is -0.244 e. The Hall–Kier alpha value is -1.84. The molecule has 0 spiro atoms. The Morgan fingerprint density at radius 3 is 2.60 bits per heavy atom. The molecule has 4 nitrogen and oxygen atoms in total. The van der Waals surface area contributed by atoms with Crippen LogP contribution in [0.4, 0.5) is 0 Å². The predicted molar refractivity (Wildman–Crippen MR) is 58.3 cm³/mol. The van der Waals surface area contributed by atoms with Gasteiger partial charge in [0.15, 0.2) is 0 Å². The fourth-order valence-corrected chi connectivity index (χ4v) is 1.50. The van der Waals surface area contributed by atoms with Crippen molar-refractivity contribution in [3.63, 3.8) is 0 Å². The van der Waals surface area contributed by atoms with Crippen LogP contribution in [-0.4, -0.2) is 14.8 Å². The topological polar surface area (TPSA) is 50.7 Å². The van der Waals surface area contributed by atoms with E-state index in [9.17, 15) is 4.79 Å². The molecule has 0 aliphatic heterocycles. The smallest absolute Gasteiger partial charge is 0.244 e. The lowest BCUT2D eigenvalue weighted by Gasteiger charge is -2.05. The number of nitrogens with one attached hydrogen (secondary N) is 1. The average molecular weight is 203 g/mol. The van der Waals surface area contributed by atoms with Crippen molar-refractivity contribution in [1.82, 2.24) is 14.8 Å². The van der Waals surface area contributed by atoms with Crippen molar-refractivity contribution in [2.45, 2.75) is 20.3 Å². The first kappa shape index (κ1) is 9.71. The van der Waals surface area contributed by atoms with Crippen LogP contribution < -0.4 is 5.69 Å². The molecule has 0 bridgehead atoms. The van der Waals surface area contributed by atoms with Gasteiger partial charge in [0.2, 0.25) is 0 Å². The van der Waals surface area contributed by atoms with E-state index in [1.807, 2.05) is 38.1 Å². The molecule has 0 aliphatic rings. The number of aromatic amines is 1. The monoisotopic (exact) mass is 203 g/mol. The van der Waals surface area contributed by atoms with Crippen LogP contribution in [0.1, 0.15) is 18.3 Å². The van der Waals surface area contributed by atoms with Crippen molar-refractivity contribution in [2.75, 3.05) is 0 Å². The summed E-state index contributed by atoms with van der Waals surface area (Å²) in [6.45, 7) is 4.00. The summed E-state index contributed by atoms with van der Waals surface area (Å²) < 4.78 is 1.72. The molecule has 0 saturated carbocycles. The first-order valence-corrected chi connectivity index (χ1v) is 4.95. The highest BCUT2D eigenvalue weighted by atomic mass is 16.1. The lowest BCUT2D eigenvalue weighted by atomic mass is 10.2. The molecule has 1 N–H and O–H groups in total. The lowest BCUT2D eigenvalue weighted by molar-refractivity contribution is 0.797. The van der Waals surface area contributed by atoms with E-state index in [4.69, 9.17) is 0 Å². The number of rotatable bonds is 2. The molecule has 0 amide bonds. The number of H-pyrrole nitrogens is 1. The SMILES string of the molecule is CCc1nc(=O)[nH]n1-c1ccc(C)cc1. The Kier molecular flexibility index (Phi) is 2.41. The Morgan fingerprint density at radius 2 is 2.00 bits per heavy atom. The van der Waals surface area contributed by atoms with Gasteiger partial charge in [0.1, 0.15) is 5.82 Å². The third-order valence-corrected chi connectivity index (χ3v) is 2.30. The van der Waals surface area contributed by atoms with Gasteiger partial charge in [-0.3, -0.25) is 0 Å². The largest absolute Gasteiger partial charge is 0.361 e. The normalized spacial score (nSPS) is 10.5. The van der Waals surface area contributed by atoms with E-state index in [1.165, 1.54) is 5.56 Å². The van der Waals surface area contributed by atoms with Crippen molar-refractivity contribution < 1.29 is 0 Å². The zero-order valence-electron chi connectivity index (χ0n) is 8.82. The van der Waals surface area contributed by atoms with Gasteiger partial charge in [0, 0.05) is 6.42 Å². The van der Waals surface area contributed by atoms with E-state index in [0.29, 0.717) is 0 Å². The first-order chi connectivity index (χ1) is 7.20. The Morgan fingerprint density at radius 1 is 1.33 bits per heavy atom. The fraction of sp³-hybridized carbons (Fsp3) is 0.273. The molecule has 0 radical (unpaired) electrons. The molecule has 2 aromatic rings. The van der Waals surface area contributed by atoms with Gasteiger partial charge in [-0.25, -0.2) is 14.6 Å². The minimum atomic E-state index is -0.299. The molecule has 15 heavy (non-hydrogen) atoms. The summed E-state index contributed by atoms with van der Waals surface area (Å²) in [4.78, 5) is 15.0. The number of benzene rings is 1. The summed E-state index contributed by atoms with van der Waals surface area (Å²) in [6, 6.07) is 7.94. The molecule has 0 fully saturated rings. The maximum atomic E-state index is 11.1. The molecule has 1 aromatic heterocycles. The molecule has 78 valence electrons.